The SMILES string of the molecule is Nc1nccc(-c2ccccc2NCC2=NCCN2)n1. The average Bonchev–Trinajstić information content (AvgIpc) is 2.99. The van der Waals surface area contributed by atoms with E-state index in [4.69, 9.17) is 5.73 Å². The van der Waals surface area contributed by atoms with Gasteiger partial charge in [0.15, 0.2) is 0 Å². The number of hydrogen-bond acceptors (Lipinski definition) is 6. The van der Waals surface area contributed by atoms with Crippen molar-refractivity contribution in [2.75, 3.05) is 30.7 Å². The van der Waals surface area contributed by atoms with Gasteiger partial charge in [0.2, 0.25) is 5.95 Å². The maximum absolute atomic E-state index is 5.65. The fourth-order valence-corrected chi connectivity index (χ4v) is 2.13. The average molecular weight is 268 g/mol. The zero-order valence-electron chi connectivity index (χ0n) is 11.0. The highest BCUT2D eigenvalue weighted by Gasteiger charge is 2.09. The number of amidine groups is 1. The first-order valence-electron chi connectivity index (χ1n) is 6.52. The minimum absolute atomic E-state index is 0.277. The summed E-state index contributed by atoms with van der Waals surface area (Å²) in [6.07, 6.45) is 1.66. The van der Waals surface area contributed by atoms with Crippen LogP contribution in [0.3, 0.4) is 0 Å². The van der Waals surface area contributed by atoms with Crippen LogP contribution in [0.25, 0.3) is 11.3 Å². The largest absolute Gasteiger partial charge is 0.377 e. The quantitative estimate of drug-likeness (QED) is 0.774. The Hall–Kier alpha value is -2.63. The smallest absolute Gasteiger partial charge is 0.220 e. The molecular weight excluding hydrogens is 252 g/mol. The van der Waals surface area contributed by atoms with Gasteiger partial charge in [-0.3, -0.25) is 4.99 Å². The van der Waals surface area contributed by atoms with Crippen LogP contribution >= 0.6 is 0 Å². The second-order valence-electron chi connectivity index (χ2n) is 4.45. The summed E-state index contributed by atoms with van der Waals surface area (Å²) in [5.41, 5.74) is 8.46. The molecule has 0 saturated carbocycles. The molecule has 102 valence electrons. The molecule has 1 aliphatic heterocycles. The lowest BCUT2D eigenvalue weighted by Gasteiger charge is -2.12. The summed E-state index contributed by atoms with van der Waals surface area (Å²) >= 11 is 0. The van der Waals surface area contributed by atoms with Crippen molar-refractivity contribution in [3.05, 3.63) is 36.5 Å². The van der Waals surface area contributed by atoms with E-state index in [1.807, 2.05) is 30.3 Å². The van der Waals surface area contributed by atoms with Gasteiger partial charge in [-0.1, -0.05) is 18.2 Å². The highest BCUT2D eigenvalue weighted by atomic mass is 15.1. The van der Waals surface area contributed by atoms with E-state index in [0.717, 1.165) is 35.9 Å². The van der Waals surface area contributed by atoms with Gasteiger partial charge >= 0.3 is 0 Å². The Bertz CT molecular complexity index is 637. The lowest BCUT2D eigenvalue weighted by atomic mass is 10.1. The second kappa shape index (κ2) is 5.56. The number of aromatic nitrogens is 2. The number of nitrogens with one attached hydrogen (secondary N) is 2. The van der Waals surface area contributed by atoms with Gasteiger partial charge < -0.3 is 16.4 Å². The first-order chi connectivity index (χ1) is 9.83. The predicted molar refractivity (Wildman–Crippen MR) is 80.7 cm³/mol. The fraction of sp³-hybridized carbons (Fsp3) is 0.214. The molecule has 0 aliphatic carbocycles. The number of benzene rings is 1. The fourth-order valence-electron chi connectivity index (χ4n) is 2.13. The zero-order chi connectivity index (χ0) is 13.8. The van der Waals surface area contributed by atoms with Crippen LogP contribution in [-0.2, 0) is 0 Å². The van der Waals surface area contributed by atoms with Gasteiger partial charge in [-0.25, -0.2) is 9.97 Å². The number of rotatable bonds is 4. The van der Waals surface area contributed by atoms with E-state index in [2.05, 4.69) is 25.6 Å². The summed E-state index contributed by atoms with van der Waals surface area (Å²) in [6, 6.07) is 9.84. The summed E-state index contributed by atoms with van der Waals surface area (Å²) in [7, 11) is 0. The summed E-state index contributed by atoms with van der Waals surface area (Å²) in [5.74, 6) is 1.26. The number of para-hydroxylation sites is 1. The van der Waals surface area contributed by atoms with E-state index >= 15 is 0 Å². The summed E-state index contributed by atoms with van der Waals surface area (Å²) in [5, 5.41) is 6.62. The maximum Gasteiger partial charge on any atom is 0.220 e. The molecule has 0 saturated heterocycles. The maximum atomic E-state index is 5.65. The first-order valence-corrected chi connectivity index (χ1v) is 6.52. The van der Waals surface area contributed by atoms with Crippen LogP contribution in [0.15, 0.2) is 41.5 Å². The minimum atomic E-state index is 0.277. The van der Waals surface area contributed by atoms with E-state index in [1.165, 1.54) is 0 Å². The molecule has 0 atom stereocenters. The summed E-state index contributed by atoms with van der Waals surface area (Å²) in [4.78, 5) is 12.6. The van der Waals surface area contributed by atoms with Gasteiger partial charge in [0.25, 0.3) is 0 Å². The summed E-state index contributed by atoms with van der Waals surface area (Å²) in [6.45, 7) is 2.44. The van der Waals surface area contributed by atoms with Gasteiger partial charge in [-0.15, -0.1) is 0 Å². The number of hydrogen-bond donors (Lipinski definition) is 3. The minimum Gasteiger partial charge on any atom is -0.377 e. The molecule has 2 heterocycles. The van der Waals surface area contributed by atoms with E-state index in [1.54, 1.807) is 6.20 Å². The lowest BCUT2D eigenvalue weighted by molar-refractivity contribution is 0.956. The van der Waals surface area contributed by atoms with Gasteiger partial charge in [-0.05, 0) is 12.1 Å². The van der Waals surface area contributed by atoms with Crippen molar-refractivity contribution in [1.29, 1.82) is 0 Å². The van der Waals surface area contributed by atoms with Crippen molar-refractivity contribution in [2.45, 2.75) is 0 Å². The highest BCUT2D eigenvalue weighted by Crippen LogP contribution is 2.26. The van der Waals surface area contributed by atoms with Crippen LogP contribution in [0.5, 0.6) is 0 Å². The third-order valence-corrected chi connectivity index (χ3v) is 3.07. The lowest BCUT2D eigenvalue weighted by Crippen LogP contribution is -2.26. The molecule has 0 amide bonds. The Morgan fingerprint density at radius 1 is 1.25 bits per heavy atom. The zero-order valence-corrected chi connectivity index (χ0v) is 11.0. The van der Waals surface area contributed by atoms with E-state index in [9.17, 15) is 0 Å². The number of nitrogen functional groups attached to an aromatic ring is 1. The van der Waals surface area contributed by atoms with Gasteiger partial charge in [0.05, 0.1) is 18.8 Å². The van der Waals surface area contributed by atoms with Crippen LogP contribution in [-0.4, -0.2) is 35.4 Å². The Morgan fingerprint density at radius 3 is 2.95 bits per heavy atom. The van der Waals surface area contributed by atoms with Gasteiger partial charge in [-0.2, -0.15) is 0 Å². The summed E-state index contributed by atoms with van der Waals surface area (Å²) < 4.78 is 0. The molecule has 6 nitrogen and oxygen atoms in total. The van der Waals surface area contributed by atoms with Gasteiger partial charge in [0, 0.05) is 24.0 Å². The van der Waals surface area contributed by atoms with Crippen LogP contribution in [0.4, 0.5) is 11.6 Å². The Kier molecular flexibility index (Phi) is 3.45. The first kappa shape index (κ1) is 12.4. The molecule has 1 aromatic carbocycles. The Morgan fingerprint density at radius 2 is 2.15 bits per heavy atom. The molecule has 0 bridgehead atoms. The van der Waals surface area contributed by atoms with Gasteiger partial charge in [0.1, 0.15) is 5.84 Å². The number of nitrogens with two attached hydrogens (primary N) is 1. The van der Waals surface area contributed by atoms with Crippen molar-refractivity contribution in [3.63, 3.8) is 0 Å². The van der Waals surface area contributed by atoms with E-state index < -0.39 is 0 Å². The van der Waals surface area contributed by atoms with Crippen LogP contribution < -0.4 is 16.4 Å². The van der Waals surface area contributed by atoms with E-state index in [-0.39, 0.29) is 5.95 Å². The highest BCUT2D eigenvalue weighted by molar-refractivity contribution is 5.89. The molecule has 1 aliphatic rings. The molecule has 3 rings (SSSR count). The van der Waals surface area contributed by atoms with Crippen LogP contribution in [0, 0.1) is 0 Å². The monoisotopic (exact) mass is 268 g/mol. The number of anilines is 2. The van der Waals surface area contributed by atoms with Crippen molar-refractivity contribution in [2.24, 2.45) is 4.99 Å². The van der Waals surface area contributed by atoms with Crippen LogP contribution in [0.2, 0.25) is 0 Å². The second-order valence-corrected chi connectivity index (χ2v) is 4.45. The normalized spacial score (nSPS) is 13.7. The molecule has 1 aromatic heterocycles. The third kappa shape index (κ3) is 2.69. The molecule has 0 unspecified atom stereocenters. The van der Waals surface area contributed by atoms with E-state index in [0.29, 0.717) is 6.54 Å². The number of aliphatic imine (C=N–C) groups is 1. The Labute approximate surface area is 117 Å². The molecular formula is C14H16N6. The molecule has 4 N–H and O–H groups in total. The predicted octanol–water partition coefficient (Wildman–Crippen LogP) is 1.14. The molecule has 2 aromatic rings. The Balaban J connectivity index is 1.84. The molecule has 20 heavy (non-hydrogen) atoms. The molecule has 0 fully saturated rings. The van der Waals surface area contributed by atoms with Crippen molar-refractivity contribution >= 4 is 17.5 Å². The van der Waals surface area contributed by atoms with Crippen LogP contribution in [0.1, 0.15) is 0 Å². The molecule has 6 heteroatoms. The topological polar surface area (TPSA) is 88.2 Å². The molecule has 0 radical (unpaired) electrons. The number of nitrogens with zero attached hydrogens (tertiary/aromatic N) is 3. The standard InChI is InChI=1S/C14H16N6/c15-14-18-6-5-12(20-14)10-3-1-2-4-11(10)19-9-13-16-7-8-17-13/h1-6,19H,7-9H2,(H,16,17)(H2,15,18,20). The van der Waals surface area contributed by atoms with Crippen molar-refractivity contribution in [1.82, 2.24) is 15.3 Å². The molecule has 0 spiro atoms. The third-order valence-electron chi connectivity index (χ3n) is 3.07. The van der Waals surface area contributed by atoms with Crippen molar-refractivity contribution in [3.8, 4) is 11.3 Å². The van der Waals surface area contributed by atoms with Crippen molar-refractivity contribution < 1.29 is 0 Å².